The van der Waals surface area contributed by atoms with E-state index in [9.17, 15) is 9.18 Å². The molecule has 2 heterocycles. The second-order valence-corrected chi connectivity index (χ2v) is 9.85. The number of likely N-dealkylation sites (N-methyl/N-ethyl adjacent to an activating group) is 1. The van der Waals surface area contributed by atoms with E-state index in [4.69, 9.17) is 14.2 Å². The van der Waals surface area contributed by atoms with Gasteiger partial charge in [0.05, 0.1) is 16.1 Å². The summed E-state index contributed by atoms with van der Waals surface area (Å²) in [5, 5.41) is 0. The molecule has 7 nitrogen and oxygen atoms in total. The molecule has 0 aromatic heterocycles. The molecule has 1 fully saturated rings. The van der Waals surface area contributed by atoms with E-state index in [0.29, 0.717) is 48.6 Å². The first-order valence-electron chi connectivity index (χ1n) is 10.2. The molecule has 0 spiro atoms. The minimum atomic E-state index is -0.543. The quantitative estimate of drug-likeness (QED) is 0.648. The molecular weight excluding hydrogens is 457 g/mol. The van der Waals surface area contributed by atoms with Gasteiger partial charge in [0.15, 0.2) is 11.6 Å². The smallest absolute Gasteiger partial charge is 0.410 e. The summed E-state index contributed by atoms with van der Waals surface area (Å²) in [6.07, 6.45) is -0.328. The first-order chi connectivity index (χ1) is 14.0. The number of hydrogen-bond acceptors (Lipinski definition) is 6. The van der Waals surface area contributed by atoms with Crippen LogP contribution in [-0.2, 0) is 11.3 Å². The van der Waals surface area contributed by atoms with Gasteiger partial charge in [0.1, 0.15) is 24.6 Å². The second kappa shape index (κ2) is 9.28. The summed E-state index contributed by atoms with van der Waals surface area (Å²) in [4.78, 5) is 18.4. The predicted octanol–water partition coefficient (Wildman–Crippen LogP) is 3.34. The van der Waals surface area contributed by atoms with Crippen molar-refractivity contribution in [3.8, 4) is 11.5 Å². The van der Waals surface area contributed by atoms with Gasteiger partial charge in [-0.3, -0.25) is 4.90 Å². The molecule has 9 heteroatoms. The number of piperazine rings is 1. The Bertz CT molecular complexity index is 784. The van der Waals surface area contributed by atoms with Crippen LogP contribution in [0, 0.1) is 5.82 Å². The first-order valence-corrected chi connectivity index (χ1v) is 11.0. The van der Waals surface area contributed by atoms with Crippen molar-refractivity contribution in [3.05, 3.63) is 21.9 Å². The van der Waals surface area contributed by atoms with Crippen molar-refractivity contribution in [1.82, 2.24) is 14.7 Å². The summed E-state index contributed by atoms with van der Waals surface area (Å²) in [7, 11) is 3.95. The van der Waals surface area contributed by atoms with Crippen LogP contribution in [0.5, 0.6) is 11.5 Å². The maximum absolute atomic E-state index is 14.8. The Hall–Kier alpha value is -1.58. The Kier molecular flexibility index (Phi) is 7.14. The van der Waals surface area contributed by atoms with Crippen molar-refractivity contribution < 1.29 is 23.4 Å². The van der Waals surface area contributed by atoms with E-state index in [2.05, 4.69) is 20.8 Å². The van der Waals surface area contributed by atoms with E-state index in [-0.39, 0.29) is 24.5 Å². The van der Waals surface area contributed by atoms with Gasteiger partial charge in [-0.05, 0) is 56.9 Å². The van der Waals surface area contributed by atoms with E-state index in [1.807, 2.05) is 39.8 Å². The van der Waals surface area contributed by atoms with E-state index in [1.165, 1.54) is 0 Å². The number of ether oxygens (including phenoxy) is 3. The van der Waals surface area contributed by atoms with Crippen LogP contribution in [0.3, 0.4) is 0 Å². The molecule has 30 heavy (non-hydrogen) atoms. The minimum absolute atomic E-state index is 0.0496. The van der Waals surface area contributed by atoms with Gasteiger partial charge in [0, 0.05) is 32.7 Å². The molecule has 0 radical (unpaired) electrons. The molecule has 2 aliphatic heterocycles. The third kappa shape index (κ3) is 5.56. The molecule has 1 aromatic carbocycles. The summed E-state index contributed by atoms with van der Waals surface area (Å²) in [6, 6.07) is 1.62. The minimum Gasteiger partial charge on any atom is -0.492 e. The van der Waals surface area contributed by atoms with E-state index in [1.54, 1.807) is 11.0 Å². The van der Waals surface area contributed by atoms with Crippen molar-refractivity contribution in [2.45, 2.75) is 39.0 Å². The lowest BCUT2D eigenvalue weighted by molar-refractivity contribution is -0.00172. The maximum Gasteiger partial charge on any atom is 0.410 e. The fraction of sp³-hybridized carbons (Fsp3) is 0.667. The van der Waals surface area contributed by atoms with E-state index in [0.717, 1.165) is 6.54 Å². The van der Waals surface area contributed by atoms with Gasteiger partial charge >= 0.3 is 6.09 Å². The van der Waals surface area contributed by atoms with Crippen molar-refractivity contribution in [2.24, 2.45) is 0 Å². The Morgan fingerprint density at radius 2 is 2.10 bits per heavy atom. The molecule has 2 aliphatic rings. The number of nitrogens with zero attached hydrogens (tertiary/aromatic N) is 3. The molecule has 0 N–H and O–H groups in total. The summed E-state index contributed by atoms with van der Waals surface area (Å²) in [5.41, 5.74) is 0.168. The Morgan fingerprint density at radius 3 is 2.77 bits per heavy atom. The highest BCUT2D eigenvalue weighted by Crippen LogP contribution is 2.40. The summed E-state index contributed by atoms with van der Waals surface area (Å²) in [5.74, 6) is 0.423. The summed E-state index contributed by atoms with van der Waals surface area (Å²) >= 11 is 3.28. The van der Waals surface area contributed by atoms with Crippen molar-refractivity contribution in [3.63, 3.8) is 0 Å². The summed E-state index contributed by atoms with van der Waals surface area (Å²) in [6.45, 7) is 9.28. The SMILES string of the molecule is CN(C)CCOc1cc(Br)c(F)c2c1CN1CCN(C(=O)OC(C)(C)C)C[C@@H]1CO2. The highest BCUT2D eigenvalue weighted by atomic mass is 79.9. The summed E-state index contributed by atoms with van der Waals surface area (Å²) < 4.78 is 32.5. The average Bonchev–Trinajstić information content (AvgIpc) is 2.83. The molecule has 0 aliphatic carbocycles. The van der Waals surface area contributed by atoms with Crippen molar-refractivity contribution >= 4 is 22.0 Å². The number of fused-ring (bicyclic) bond motifs is 2. The van der Waals surface area contributed by atoms with Crippen LogP contribution < -0.4 is 9.47 Å². The predicted molar refractivity (Wildman–Crippen MR) is 116 cm³/mol. The fourth-order valence-electron chi connectivity index (χ4n) is 3.52. The molecular formula is C21H31BrFN3O4. The van der Waals surface area contributed by atoms with Gasteiger partial charge in [0.25, 0.3) is 0 Å². The number of rotatable bonds is 4. The molecule has 1 amide bonds. The number of amides is 1. The lowest BCUT2D eigenvalue weighted by Gasteiger charge is -2.40. The molecule has 3 rings (SSSR count). The van der Waals surface area contributed by atoms with Gasteiger partial charge in [-0.2, -0.15) is 0 Å². The Morgan fingerprint density at radius 1 is 1.37 bits per heavy atom. The Balaban J connectivity index is 1.76. The van der Waals surface area contributed by atoms with Crippen molar-refractivity contribution in [2.75, 3.05) is 53.5 Å². The van der Waals surface area contributed by atoms with E-state index >= 15 is 0 Å². The fourth-order valence-corrected chi connectivity index (χ4v) is 3.91. The lowest BCUT2D eigenvalue weighted by Crippen LogP contribution is -2.56. The Labute approximate surface area is 186 Å². The monoisotopic (exact) mass is 487 g/mol. The zero-order valence-corrected chi connectivity index (χ0v) is 19.9. The van der Waals surface area contributed by atoms with Crippen LogP contribution >= 0.6 is 15.9 Å². The zero-order valence-electron chi connectivity index (χ0n) is 18.3. The van der Waals surface area contributed by atoms with Crippen LogP contribution in [0.25, 0.3) is 0 Å². The molecule has 0 saturated carbocycles. The maximum atomic E-state index is 14.8. The van der Waals surface area contributed by atoms with Gasteiger partial charge in [-0.25, -0.2) is 9.18 Å². The van der Waals surface area contributed by atoms with Gasteiger partial charge < -0.3 is 24.0 Å². The number of hydrogen-bond donors (Lipinski definition) is 0. The number of benzene rings is 1. The largest absolute Gasteiger partial charge is 0.492 e. The molecule has 1 saturated heterocycles. The number of carbonyl (C=O) groups is 1. The van der Waals surface area contributed by atoms with Crippen LogP contribution in [0.2, 0.25) is 0 Å². The number of carbonyl (C=O) groups excluding carboxylic acids is 1. The van der Waals surface area contributed by atoms with Crippen LogP contribution in [0.1, 0.15) is 26.3 Å². The third-order valence-electron chi connectivity index (χ3n) is 5.07. The second-order valence-electron chi connectivity index (χ2n) is 8.99. The average molecular weight is 488 g/mol. The van der Waals surface area contributed by atoms with Gasteiger partial charge in [-0.1, -0.05) is 0 Å². The van der Waals surface area contributed by atoms with Crippen LogP contribution in [0.15, 0.2) is 10.5 Å². The van der Waals surface area contributed by atoms with Gasteiger partial charge in [0.2, 0.25) is 0 Å². The molecule has 168 valence electrons. The van der Waals surface area contributed by atoms with Crippen LogP contribution in [-0.4, -0.2) is 85.9 Å². The zero-order chi connectivity index (χ0) is 22.1. The highest BCUT2D eigenvalue weighted by Gasteiger charge is 2.36. The highest BCUT2D eigenvalue weighted by molar-refractivity contribution is 9.10. The topological polar surface area (TPSA) is 54.5 Å². The molecule has 0 unspecified atom stereocenters. The van der Waals surface area contributed by atoms with Crippen molar-refractivity contribution in [1.29, 1.82) is 0 Å². The van der Waals surface area contributed by atoms with Crippen LogP contribution in [0.4, 0.5) is 9.18 Å². The van der Waals surface area contributed by atoms with E-state index < -0.39 is 11.4 Å². The molecule has 1 aromatic rings. The normalized spacial score (nSPS) is 19.6. The molecule has 0 bridgehead atoms. The lowest BCUT2D eigenvalue weighted by atomic mass is 10.1. The third-order valence-corrected chi connectivity index (χ3v) is 5.65. The standard InChI is InChI=1S/C21H31BrFN3O4/c1-21(2,3)30-20(27)26-7-6-25-12-15-17(28-9-8-24(4)5)10-16(22)18(23)19(15)29-13-14(25)11-26/h10,14H,6-9,11-13H2,1-5H3/t14-/m1/s1. The van der Waals surface area contributed by atoms with Gasteiger partial charge in [-0.15, -0.1) is 0 Å². The first kappa shape index (κ1) is 23.1. The number of halogens is 2. The molecule has 1 atom stereocenters.